The van der Waals surface area contributed by atoms with Crippen molar-refractivity contribution in [1.29, 1.82) is 0 Å². The summed E-state index contributed by atoms with van der Waals surface area (Å²) < 4.78 is 5.07. The second kappa shape index (κ2) is 8.33. The second-order valence-electron chi connectivity index (χ2n) is 5.99. The van der Waals surface area contributed by atoms with Gasteiger partial charge in [-0.25, -0.2) is 9.78 Å². The first-order valence-corrected chi connectivity index (χ1v) is 9.44. The van der Waals surface area contributed by atoms with E-state index in [9.17, 15) is 9.59 Å². The van der Waals surface area contributed by atoms with E-state index in [0.717, 1.165) is 16.7 Å². The number of aromatic nitrogens is 1. The van der Waals surface area contributed by atoms with Crippen molar-refractivity contribution in [3.8, 4) is 10.6 Å². The molecule has 7 heteroatoms. The first-order chi connectivity index (χ1) is 12.9. The van der Waals surface area contributed by atoms with Gasteiger partial charge in [-0.05, 0) is 43.2 Å². The molecule has 0 bridgehead atoms. The highest BCUT2D eigenvalue weighted by atomic mass is 35.5. The Morgan fingerprint density at radius 2 is 2.00 bits per heavy atom. The molecule has 0 saturated heterocycles. The maximum Gasteiger partial charge on any atom is 0.358 e. The van der Waals surface area contributed by atoms with Crippen LogP contribution in [0, 0.1) is 13.8 Å². The number of rotatable bonds is 5. The van der Waals surface area contributed by atoms with Gasteiger partial charge in [0.15, 0.2) is 12.3 Å². The molecule has 0 unspecified atom stereocenters. The standard InChI is InChI=1S/C20H17ClN2O3S/c1-12-6-7-13(2)16(8-12)22-18(24)10-26-20(25)17-11-27-19(23-17)14-4-3-5-15(21)9-14/h3-9,11H,10H2,1-2H3,(H,22,24). The lowest BCUT2D eigenvalue weighted by Gasteiger charge is -2.09. The molecule has 3 rings (SSSR count). The molecule has 0 spiro atoms. The quantitative estimate of drug-likeness (QED) is 0.620. The minimum absolute atomic E-state index is 0.162. The Bertz CT molecular complexity index is 1000. The fourth-order valence-electron chi connectivity index (χ4n) is 2.38. The molecule has 0 radical (unpaired) electrons. The number of hydrogen-bond acceptors (Lipinski definition) is 5. The van der Waals surface area contributed by atoms with Gasteiger partial charge in [0.25, 0.3) is 5.91 Å². The lowest BCUT2D eigenvalue weighted by molar-refractivity contribution is -0.119. The zero-order valence-electron chi connectivity index (χ0n) is 14.8. The minimum Gasteiger partial charge on any atom is -0.451 e. The molecule has 1 amide bonds. The normalized spacial score (nSPS) is 10.5. The molecule has 0 aliphatic heterocycles. The zero-order chi connectivity index (χ0) is 19.4. The lowest BCUT2D eigenvalue weighted by atomic mass is 10.1. The van der Waals surface area contributed by atoms with Crippen molar-refractivity contribution in [2.24, 2.45) is 0 Å². The van der Waals surface area contributed by atoms with Crippen molar-refractivity contribution < 1.29 is 14.3 Å². The number of anilines is 1. The van der Waals surface area contributed by atoms with Gasteiger partial charge in [-0.2, -0.15) is 0 Å². The van der Waals surface area contributed by atoms with E-state index in [-0.39, 0.29) is 12.3 Å². The molecule has 0 saturated carbocycles. The fourth-order valence-corrected chi connectivity index (χ4v) is 3.36. The molecule has 1 aromatic heterocycles. The van der Waals surface area contributed by atoms with Crippen LogP contribution in [0.2, 0.25) is 5.02 Å². The summed E-state index contributed by atoms with van der Waals surface area (Å²) in [7, 11) is 0. The summed E-state index contributed by atoms with van der Waals surface area (Å²) in [4.78, 5) is 28.5. The van der Waals surface area contributed by atoms with Gasteiger partial charge in [0.1, 0.15) is 5.01 Å². The Morgan fingerprint density at radius 1 is 1.19 bits per heavy atom. The van der Waals surface area contributed by atoms with Crippen molar-refractivity contribution in [3.63, 3.8) is 0 Å². The number of nitrogens with zero attached hydrogens (tertiary/aromatic N) is 1. The Hall–Kier alpha value is -2.70. The molecule has 0 fully saturated rings. The van der Waals surface area contributed by atoms with Crippen LogP contribution in [0.4, 0.5) is 5.69 Å². The highest BCUT2D eigenvalue weighted by Crippen LogP contribution is 2.26. The Labute approximate surface area is 166 Å². The highest BCUT2D eigenvalue weighted by Gasteiger charge is 2.15. The first kappa shape index (κ1) is 19.1. The molecular formula is C20H17ClN2O3S. The van der Waals surface area contributed by atoms with Gasteiger partial charge >= 0.3 is 5.97 Å². The summed E-state index contributed by atoms with van der Waals surface area (Å²) in [5, 5.41) is 5.59. The van der Waals surface area contributed by atoms with Crippen molar-refractivity contribution >= 4 is 40.5 Å². The number of amides is 1. The molecule has 138 valence electrons. The van der Waals surface area contributed by atoms with Crippen LogP contribution in [0.3, 0.4) is 0 Å². The zero-order valence-corrected chi connectivity index (χ0v) is 16.4. The Morgan fingerprint density at radius 3 is 2.78 bits per heavy atom. The largest absolute Gasteiger partial charge is 0.451 e. The number of hydrogen-bond donors (Lipinski definition) is 1. The van der Waals surface area contributed by atoms with E-state index in [1.807, 2.05) is 44.2 Å². The van der Waals surface area contributed by atoms with Crippen molar-refractivity contribution in [2.75, 3.05) is 11.9 Å². The maximum absolute atomic E-state index is 12.2. The molecule has 0 aliphatic rings. The molecule has 1 heterocycles. The van der Waals surface area contributed by atoms with Gasteiger partial charge < -0.3 is 10.1 Å². The number of esters is 1. The van der Waals surface area contributed by atoms with E-state index in [1.165, 1.54) is 11.3 Å². The number of thiazole rings is 1. The summed E-state index contributed by atoms with van der Waals surface area (Å²) in [5.41, 5.74) is 3.65. The molecule has 0 atom stereocenters. The van der Waals surface area contributed by atoms with Crippen molar-refractivity contribution in [1.82, 2.24) is 4.98 Å². The van der Waals surface area contributed by atoms with Gasteiger partial charge in [0.2, 0.25) is 0 Å². The number of carbonyl (C=O) groups is 2. The molecule has 1 N–H and O–H groups in total. The van der Waals surface area contributed by atoms with E-state index in [1.54, 1.807) is 17.5 Å². The van der Waals surface area contributed by atoms with Crippen molar-refractivity contribution in [2.45, 2.75) is 13.8 Å². The number of halogens is 1. The Kier molecular flexibility index (Phi) is 5.88. The molecular weight excluding hydrogens is 384 g/mol. The summed E-state index contributed by atoms with van der Waals surface area (Å²) >= 11 is 7.29. The predicted molar refractivity (Wildman–Crippen MR) is 107 cm³/mol. The molecule has 2 aromatic carbocycles. The third-order valence-corrected chi connectivity index (χ3v) is 4.91. The van der Waals surface area contributed by atoms with Crippen LogP contribution in [-0.4, -0.2) is 23.5 Å². The topological polar surface area (TPSA) is 68.3 Å². The van der Waals surface area contributed by atoms with Crippen LogP contribution in [0.5, 0.6) is 0 Å². The van der Waals surface area contributed by atoms with E-state index in [2.05, 4.69) is 10.3 Å². The highest BCUT2D eigenvalue weighted by molar-refractivity contribution is 7.13. The monoisotopic (exact) mass is 400 g/mol. The first-order valence-electron chi connectivity index (χ1n) is 8.18. The summed E-state index contributed by atoms with van der Waals surface area (Å²) in [6.45, 7) is 3.46. The van der Waals surface area contributed by atoms with E-state index in [0.29, 0.717) is 15.7 Å². The summed E-state index contributed by atoms with van der Waals surface area (Å²) in [6, 6.07) is 13.0. The Balaban J connectivity index is 1.59. The fraction of sp³-hybridized carbons (Fsp3) is 0.150. The average molecular weight is 401 g/mol. The van der Waals surface area contributed by atoms with Gasteiger partial charge in [-0.3, -0.25) is 4.79 Å². The summed E-state index contributed by atoms with van der Waals surface area (Å²) in [5.74, 6) is -1.04. The summed E-state index contributed by atoms with van der Waals surface area (Å²) in [6.07, 6.45) is 0. The SMILES string of the molecule is Cc1ccc(C)c(NC(=O)COC(=O)c2csc(-c3cccc(Cl)c3)n2)c1. The average Bonchev–Trinajstić information content (AvgIpc) is 3.13. The third-order valence-electron chi connectivity index (χ3n) is 3.79. The third kappa shape index (κ3) is 4.93. The van der Waals surface area contributed by atoms with Gasteiger partial charge in [0, 0.05) is 21.7 Å². The maximum atomic E-state index is 12.2. The van der Waals surface area contributed by atoms with Crippen LogP contribution >= 0.6 is 22.9 Å². The number of nitrogens with one attached hydrogen (secondary N) is 1. The second-order valence-corrected chi connectivity index (χ2v) is 7.29. The van der Waals surface area contributed by atoms with Crippen LogP contribution in [-0.2, 0) is 9.53 Å². The molecule has 27 heavy (non-hydrogen) atoms. The number of benzene rings is 2. The molecule has 3 aromatic rings. The van der Waals surface area contributed by atoms with Gasteiger partial charge in [-0.1, -0.05) is 35.9 Å². The van der Waals surface area contributed by atoms with Gasteiger partial charge in [-0.15, -0.1) is 11.3 Å². The number of ether oxygens (including phenoxy) is 1. The van der Waals surface area contributed by atoms with E-state index < -0.39 is 11.9 Å². The number of aryl methyl sites for hydroxylation is 2. The van der Waals surface area contributed by atoms with Gasteiger partial charge in [0.05, 0.1) is 0 Å². The molecule has 5 nitrogen and oxygen atoms in total. The smallest absolute Gasteiger partial charge is 0.358 e. The minimum atomic E-state index is -0.643. The van der Waals surface area contributed by atoms with E-state index in [4.69, 9.17) is 16.3 Å². The van der Waals surface area contributed by atoms with Crippen LogP contribution < -0.4 is 5.32 Å². The predicted octanol–water partition coefficient (Wildman–Crippen LogP) is 4.88. The molecule has 0 aliphatic carbocycles. The van der Waals surface area contributed by atoms with Crippen LogP contribution in [0.1, 0.15) is 21.6 Å². The van der Waals surface area contributed by atoms with Crippen molar-refractivity contribution in [3.05, 3.63) is 69.7 Å². The van der Waals surface area contributed by atoms with Crippen LogP contribution in [0.15, 0.2) is 47.8 Å². The van der Waals surface area contributed by atoms with E-state index >= 15 is 0 Å². The van der Waals surface area contributed by atoms with Crippen LogP contribution in [0.25, 0.3) is 10.6 Å². The number of carbonyl (C=O) groups excluding carboxylic acids is 2. The lowest BCUT2D eigenvalue weighted by Crippen LogP contribution is -2.21.